The molecule has 0 aromatic heterocycles. The number of piperidine rings is 4. The van der Waals surface area contributed by atoms with E-state index < -0.39 is 47.9 Å². The molecule has 0 aliphatic carbocycles. The number of carbonyl (C=O) groups excluding carboxylic acids is 4. The van der Waals surface area contributed by atoms with E-state index in [1.807, 2.05) is 0 Å². The molecule has 328 valence electrons. The lowest BCUT2D eigenvalue weighted by Crippen LogP contribution is -2.60. The van der Waals surface area contributed by atoms with Crippen molar-refractivity contribution in [1.29, 1.82) is 0 Å². The van der Waals surface area contributed by atoms with Crippen molar-refractivity contribution in [3.63, 3.8) is 0 Å². The number of hydrogen-bond donors (Lipinski definition) is 4. The Bertz CT molecular complexity index is 1420. The van der Waals surface area contributed by atoms with Crippen LogP contribution in [0.25, 0.3) is 0 Å². The minimum atomic E-state index is -1.24. The van der Waals surface area contributed by atoms with E-state index in [0.29, 0.717) is 51.4 Å². The summed E-state index contributed by atoms with van der Waals surface area (Å²) in [6.45, 7) is 33.3. The first kappa shape index (κ1) is 47.4. The normalized spacial score (nSPS) is 27.6. The van der Waals surface area contributed by atoms with E-state index in [1.165, 1.54) is 0 Å². The van der Waals surface area contributed by atoms with E-state index in [1.54, 1.807) is 0 Å². The van der Waals surface area contributed by atoms with E-state index in [4.69, 9.17) is 18.9 Å². The third-order valence-electron chi connectivity index (χ3n) is 11.9. The summed E-state index contributed by atoms with van der Waals surface area (Å²) in [6.07, 6.45) is 2.59. The Kier molecular flexibility index (Phi) is 13.8. The molecule has 12 nitrogen and oxygen atoms in total. The Labute approximate surface area is 344 Å². The lowest BCUT2D eigenvalue weighted by Gasteiger charge is -2.46. The molecule has 0 radical (unpaired) electrons. The van der Waals surface area contributed by atoms with Crippen LogP contribution in [0.1, 0.15) is 181 Å². The van der Waals surface area contributed by atoms with Crippen LogP contribution in [0.2, 0.25) is 0 Å². The molecule has 2 atom stereocenters. The van der Waals surface area contributed by atoms with Gasteiger partial charge in [-0.15, -0.1) is 0 Å². The lowest BCUT2D eigenvalue weighted by atomic mass is 9.80. The van der Waals surface area contributed by atoms with Gasteiger partial charge in [0.1, 0.15) is 24.4 Å². The molecule has 4 rings (SSSR count). The van der Waals surface area contributed by atoms with Crippen molar-refractivity contribution in [2.45, 2.75) is 250 Å². The summed E-state index contributed by atoms with van der Waals surface area (Å²) in [7, 11) is 0. The summed E-state index contributed by atoms with van der Waals surface area (Å²) < 4.78 is 24.8. The van der Waals surface area contributed by atoms with Gasteiger partial charge in [-0.1, -0.05) is 0 Å². The van der Waals surface area contributed by atoms with Crippen LogP contribution in [0.4, 0.5) is 0 Å². The lowest BCUT2D eigenvalue weighted by molar-refractivity contribution is -0.175. The second-order valence-electron chi connectivity index (χ2n) is 23.5. The van der Waals surface area contributed by atoms with Crippen LogP contribution in [0.15, 0.2) is 0 Å². The van der Waals surface area contributed by atoms with Crippen molar-refractivity contribution in [1.82, 2.24) is 21.3 Å². The molecule has 0 bridgehead atoms. The van der Waals surface area contributed by atoms with Crippen LogP contribution in [0.5, 0.6) is 0 Å². The van der Waals surface area contributed by atoms with Crippen molar-refractivity contribution >= 4 is 23.9 Å². The van der Waals surface area contributed by atoms with Crippen LogP contribution in [-0.4, -0.2) is 92.6 Å². The molecule has 0 aromatic carbocycles. The molecule has 4 aliphatic rings. The van der Waals surface area contributed by atoms with Gasteiger partial charge >= 0.3 is 23.9 Å². The fraction of sp³-hybridized carbons (Fsp3) is 0.911. The minimum absolute atomic E-state index is 0.0448. The van der Waals surface area contributed by atoms with Gasteiger partial charge in [-0.3, -0.25) is 19.2 Å². The zero-order valence-electron chi connectivity index (χ0n) is 38.5. The topological polar surface area (TPSA) is 153 Å². The molecule has 4 heterocycles. The molecule has 0 aromatic rings. The first-order valence-electron chi connectivity index (χ1n) is 21.6. The molecule has 0 spiro atoms. The highest BCUT2D eigenvalue weighted by atomic mass is 16.6. The molecular weight excluding hydrogens is 725 g/mol. The van der Waals surface area contributed by atoms with Gasteiger partial charge < -0.3 is 40.2 Å². The maximum absolute atomic E-state index is 14.6. The van der Waals surface area contributed by atoms with Crippen molar-refractivity contribution in [3.8, 4) is 0 Å². The summed E-state index contributed by atoms with van der Waals surface area (Å²) in [4.78, 5) is 56.9. The maximum Gasteiger partial charge on any atom is 0.310 e. The monoisotopic (exact) mass is 805 g/mol. The third-order valence-corrected chi connectivity index (χ3v) is 11.9. The number of rotatable bonds is 12. The van der Waals surface area contributed by atoms with E-state index in [9.17, 15) is 19.2 Å². The zero-order valence-corrected chi connectivity index (χ0v) is 38.5. The second-order valence-corrected chi connectivity index (χ2v) is 23.5. The summed E-state index contributed by atoms with van der Waals surface area (Å²) >= 11 is 0. The SMILES string of the molecule is CC1(C)CC(OC(=O)CCC(C(=O)OC2CC(C)(C)NC(C)(C)C2)C(CC(=O)OC2CC(C)(C)NC(C)(C)C2)C(=O)OC2CC(C)(C)NC(C)(C)C2)CC(C)(C)N1. The molecule has 0 saturated carbocycles. The highest BCUT2D eigenvalue weighted by Gasteiger charge is 2.47. The Morgan fingerprint density at radius 3 is 0.947 bits per heavy atom. The predicted molar refractivity (Wildman–Crippen MR) is 222 cm³/mol. The highest BCUT2D eigenvalue weighted by Crippen LogP contribution is 2.37. The van der Waals surface area contributed by atoms with Gasteiger partial charge in [-0.25, -0.2) is 0 Å². The second kappa shape index (κ2) is 16.6. The van der Waals surface area contributed by atoms with Gasteiger partial charge in [-0.2, -0.15) is 0 Å². The summed E-state index contributed by atoms with van der Waals surface area (Å²) in [6, 6.07) is 0. The van der Waals surface area contributed by atoms with Gasteiger partial charge in [0.2, 0.25) is 0 Å². The first-order valence-corrected chi connectivity index (χ1v) is 21.6. The van der Waals surface area contributed by atoms with Crippen molar-refractivity contribution in [3.05, 3.63) is 0 Å². The molecule has 12 heteroatoms. The van der Waals surface area contributed by atoms with Crippen molar-refractivity contribution in [2.75, 3.05) is 0 Å². The van der Waals surface area contributed by atoms with Crippen LogP contribution in [-0.2, 0) is 38.1 Å². The molecule has 4 N–H and O–H groups in total. The number of nitrogens with one attached hydrogen (secondary N) is 4. The Hall–Kier alpha value is -2.28. The Morgan fingerprint density at radius 1 is 0.404 bits per heavy atom. The van der Waals surface area contributed by atoms with Gasteiger partial charge in [-0.05, 0) is 117 Å². The fourth-order valence-electron chi connectivity index (χ4n) is 11.6. The maximum atomic E-state index is 14.6. The largest absolute Gasteiger partial charge is 0.462 e. The number of carbonyl (C=O) groups is 4. The smallest absolute Gasteiger partial charge is 0.310 e. The van der Waals surface area contributed by atoms with E-state index in [2.05, 4.69) is 132 Å². The Morgan fingerprint density at radius 2 is 0.649 bits per heavy atom. The number of ether oxygens (including phenoxy) is 4. The van der Waals surface area contributed by atoms with E-state index >= 15 is 0 Å². The zero-order chi connectivity index (χ0) is 43.2. The minimum Gasteiger partial charge on any atom is -0.462 e. The number of esters is 4. The third kappa shape index (κ3) is 14.7. The van der Waals surface area contributed by atoms with Gasteiger partial charge in [0.05, 0.1) is 18.3 Å². The molecule has 4 saturated heterocycles. The van der Waals surface area contributed by atoms with E-state index in [0.717, 1.165) is 0 Å². The van der Waals surface area contributed by atoms with Crippen LogP contribution in [0, 0.1) is 11.8 Å². The summed E-state index contributed by atoms with van der Waals surface area (Å²) in [5.41, 5.74) is -2.27. The Balaban J connectivity index is 1.65. The van der Waals surface area contributed by atoms with Gasteiger partial charge in [0, 0.05) is 102 Å². The predicted octanol–water partition coefficient (Wildman–Crippen LogP) is 6.80. The van der Waals surface area contributed by atoms with Crippen LogP contribution < -0.4 is 21.3 Å². The first-order chi connectivity index (χ1) is 25.6. The number of hydrogen-bond acceptors (Lipinski definition) is 12. The highest BCUT2D eigenvalue weighted by molar-refractivity contribution is 5.86. The fourth-order valence-corrected chi connectivity index (χ4v) is 11.6. The molecule has 2 unspecified atom stereocenters. The van der Waals surface area contributed by atoms with Crippen LogP contribution in [0.3, 0.4) is 0 Å². The summed E-state index contributed by atoms with van der Waals surface area (Å²) in [5.74, 6) is -4.68. The summed E-state index contributed by atoms with van der Waals surface area (Å²) in [5, 5.41) is 14.5. The van der Waals surface area contributed by atoms with Crippen molar-refractivity contribution < 1.29 is 38.1 Å². The average Bonchev–Trinajstić information content (AvgIpc) is 2.89. The molecule has 4 aliphatic heterocycles. The standard InChI is InChI=1S/C45H80N4O8/c1-38(2)20-28(21-39(3,4)46-38)54-34(50)18-17-32(36(52)56-30-24-42(9,10)48-43(11,12)25-30)33(37(53)57-31-26-44(13,14)49-45(15,16)27-31)19-35(51)55-29-22-40(5,6)47-41(7,8)23-29/h28-33,46-49H,17-27H2,1-16H3. The van der Waals surface area contributed by atoms with Gasteiger partial charge in [0.25, 0.3) is 0 Å². The van der Waals surface area contributed by atoms with Crippen molar-refractivity contribution in [2.24, 2.45) is 11.8 Å². The van der Waals surface area contributed by atoms with Crippen LogP contribution >= 0.6 is 0 Å². The van der Waals surface area contributed by atoms with E-state index in [-0.39, 0.29) is 75.8 Å². The van der Waals surface area contributed by atoms with Gasteiger partial charge in [0.15, 0.2) is 0 Å². The molecule has 4 fully saturated rings. The quantitative estimate of drug-likeness (QED) is 0.121. The molecular formula is C45H80N4O8. The molecule has 57 heavy (non-hydrogen) atoms. The average molecular weight is 805 g/mol. The molecule has 0 amide bonds.